The molecule has 2 heteroatoms. The third-order valence-corrected chi connectivity index (χ3v) is 6.67. The Morgan fingerprint density at radius 2 is 1.35 bits per heavy atom. The standard InChI is InChI=1S/C35H36N2/c1-6-14-31(7-2)37(33-17-9-8-10-18-33)28(4)22-21-27(3)29-23-25-32(26-24-29)36(5)35-20-13-16-30-15-11-12-19-34(30)35/h6-26H,1-5H3/b14-6-,27-21+,28-22+,31-7+. The summed E-state index contributed by atoms with van der Waals surface area (Å²) in [6.07, 6.45) is 10.8. The molecule has 0 heterocycles. The topological polar surface area (TPSA) is 6.48 Å². The maximum Gasteiger partial charge on any atom is 0.0487 e. The Hall–Kier alpha value is -4.30. The van der Waals surface area contributed by atoms with Gasteiger partial charge in [0.15, 0.2) is 0 Å². The van der Waals surface area contributed by atoms with Crippen molar-refractivity contribution < 1.29 is 0 Å². The van der Waals surface area contributed by atoms with E-state index in [0.29, 0.717) is 0 Å². The van der Waals surface area contributed by atoms with E-state index in [1.807, 2.05) is 0 Å². The van der Waals surface area contributed by atoms with Crippen LogP contribution in [0.3, 0.4) is 0 Å². The molecule has 0 unspecified atom stereocenters. The number of nitrogens with zero attached hydrogens (tertiary/aromatic N) is 2. The number of benzene rings is 4. The lowest BCUT2D eigenvalue weighted by Gasteiger charge is -2.26. The Morgan fingerprint density at radius 3 is 2.05 bits per heavy atom. The first-order valence-electron chi connectivity index (χ1n) is 12.8. The van der Waals surface area contributed by atoms with Gasteiger partial charge < -0.3 is 9.80 Å². The minimum Gasteiger partial charge on any atom is -0.344 e. The number of rotatable bonds is 8. The van der Waals surface area contributed by atoms with Crippen molar-refractivity contribution in [2.24, 2.45) is 0 Å². The first-order valence-corrected chi connectivity index (χ1v) is 12.8. The first-order chi connectivity index (χ1) is 18.0. The maximum absolute atomic E-state index is 2.28. The lowest BCUT2D eigenvalue weighted by Crippen LogP contribution is -2.19. The predicted molar refractivity (Wildman–Crippen MR) is 163 cm³/mol. The van der Waals surface area contributed by atoms with Gasteiger partial charge in [0.1, 0.15) is 0 Å². The van der Waals surface area contributed by atoms with Crippen LogP contribution in [-0.2, 0) is 0 Å². The van der Waals surface area contributed by atoms with Crippen LogP contribution in [0.4, 0.5) is 17.1 Å². The van der Waals surface area contributed by atoms with Crippen LogP contribution in [-0.4, -0.2) is 7.05 Å². The summed E-state index contributed by atoms with van der Waals surface area (Å²) in [5.74, 6) is 0. The Bertz CT molecular complexity index is 1450. The summed E-state index contributed by atoms with van der Waals surface area (Å²) in [4.78, 5) is 4.54. The molecule has 0 aliphatic heterocycles. The van der Waals surface area contributed by atoms with Crippen LogP contribution in [0.1, 0.15) is 33.3 Å². The molecule has 0 aliphatic carbocycles. The van der Waals surface area contributed by atoms with E-state index >= 15 is 0 Å². The molecule has 0 aliphatic rings. The fourth-order valence-electron chi connectivity index (χ4n) is 4.61. The highest BCUT2D eigenvalue weighted by molar-refractivity contribution is 5.96. The van der Waals surface area contributed by atoms with Gasteiger partial charge in [-0.05, 0) is 86.7 Å². The van der Waals surface area contributed by atoms with E-state index in [4.69, 9.17) is 0 Å². The number of hydrogen-bond donors (Lipinski definition) is 0. The minimum atomic E-state index is 1.15. The Balaban J connectivity index is 1.59. The average molecular weight is 485 g/mol. The lowest BCUT2D eigenvalue weighted by molar-refractivity contribution is 1.09. The van der Waals surface area contributed by atoms with Crippen molar-refractivity contribution in [2.75, 3.05) is 16.8 Å². The highest BCUT2D eigenvalue weighted by Gasteiger charge is 2.11. The van der Waals surface area contributed by atoms with E-state index in [2.05, 4.69) is 172 Å². The summed E-state index contributed by atoms with van der Waals surface area (Å²) in [5, 5.41) is 2.51. The highest BCUT2D eigenvalue weighted by atomic mass is 15.1. The second-order valence-electron chi connectivity index (χ2n) is 9.15. The zero-order chi connectivity index (χ0) is 26.2. The molecule has 2 nitrogen and oxygen atoms in total. The lowest BCUT2D eigenvalue weighted by atomic mass is 10.0. The summed E-state index contributed by atoms with van der Waals surface area (Å²) >= 11 is 0. The highest BCUT2D eigenvalue weighted by Crippen LogP contribution is 2.32. The van der Waals surface area contributed by atoms with Gasteiger partial charge in [0.2, 0.25) is 0 Å². The van der Waals surface area contributed by atoms with Crippen LogP contribution >= 0.6 is 0 Å². The fourth-order valence-corrected chi connectivity index (χ4v) is 4.61. The molecule has 0 spiro atoms. The minimum absolute atomic E-state index is 1.15. The molecule has 186 valence electrons. The number of fused-ring (bicyclic) bond motifs is 1. The third kappa shape index (κ3) is 5.92. The van der Waals surface area contributed by atoms with Crippen LogP contribution in [0.15, 0.2) is 139 Å². The van der Waals surface area contributed by atoms with Crippen LogP contribution in [0.25, 0.3) is 16.3 Å². The summed E-state index contributed by atoms with van der Waals surface area (Å²) < 4.78 is 0. The number of anilines is 3. The van der Waals surface area contributed by atoms with Crippen LogP contribution in [0.2, 0.25) is 0 Å². The number of allylic oxidation sites excluding steroid dienone is 7. The van der Waals surface area contributed by atoms with Crippen molar-refractivity contribution >= 4 is 33.4 Å². The van der Waals surface area contributed by atoms with Gasteiger partial charge in [-0.3, -0.25) is 0 Å². The molecule has 0 atom stereocenters. The zero-order valence-corrected chi connectivity index (χ0v) is 22.5. The van der Waals surface area contributed by atoms with E-state index in [1.165, 1.54) is 33.3 Å². The summed E-state index contributed by atoms with van der Waals surface area (Å²) in [5.41, 5.74) is 8.26. The molecule has 0 amide bonds. The molecule has 4 aromatic rings. The monoisotopic (exact) mass is 484 g/mol. The molecular formula is C35H36N2. The van der Waals surface area contributed by atoms with E-state index in [1.54, 1.807) is 0 Å². The molecule has 0 N–H and O–H groups in total. The van der Waals surface area contributed by atoms with Gasteiger partial charge in [-0.15, -0.1) is 0 Å². The molecule has 0 aromatic heterocycles. The van der Waals surface area contributed by atoms with Crippen LogP contribution in [0, 0.1) is 0 Å². The molecule has 4 rings (SSSR count). The summed E-state index contributed by atoms with van der Waals surface area (Å²) in [7, 11) is 2.13. The first kappa shape index (κ1) is 25.8. The van der Waals surface area contributed by atoms with Crippen molar-refractivity contribution in [2.45, 2.75) is 27.7 Å². The molecule has 0 radical (unpaired) electrons. The molecule has 0 bridgehead atoms. The van der Waals surface area contributed by atoms with E-state index in [-0.39, 0.29) is 0 Å². The SMILES string of the molecule is C/C=C\C(=C/C)N(/C(C)=C/C=C(\C)c1ccc(N(C)c2cccc3ccccc23)cc1)c1ccccc1. The van der Waals surface area contributed by atoms with Crippen LogP contribution < -0.4 is 9.80 Å². The van der Waals surface area contributed by atoms with Gasteiger partial charge in [0.05, 0.1) is 0 Å². The quantitative estimate of drug-likeness (QED) is 0.230. The molecule has 37 heavy (non-hydrogen) atoms. The van der Waals surface area contributed by atoms with Gasteiger partial charge in [0.25, 0.3) is 0 Å². The number of para-hydroxylation sites is 1. The van der Waals surface area contributed by atoms with Crippen molar-refractivity contribution in [1.82, 2.24) is 0 Å². The number of hydrogen-bond acceptors (Lipinski definition) is 2. The zero-order valence-electron chi connectivity index (χ0n) is 22.5. The fraction of sp³-hybridized carbons (Fsp3) is 0.143. The molecule has 0 saturated carbocycles. The Labute approximate surface area is 222 Å². The van der Waals surface area contributed by atoms with E-state index in [0.717, 1.165) is 17.1 Å². The second-order valence-corrected chi connectivity index (χ2v) is 9.15. The van der Waals surface area contributed by atoms with Crippen molar-refractivity contribution in [1.29, 1.82) is 0 Å². The largest absolute Gasteiger partial charge is 0.344 e. The molecule has 0 fully saturated rings. The van der Waals surface area contributed by atoms with Gasteiger partial charge >= 0.3 is 0 Å². The summed E-state index contributed by atoms with van der Waals surface area (Å²) in [6.45, 7) is 8.46. The Morgan fingerprint density at radius 1 is 0.676 bits per heavy atom. The second kappa shape index (κ2) is 12.1. The maximum atomic E-state index is 2.28. The Kier molecular flexibility index (Phi) is 8.43. The third-order valence-electron chi connectivity index (χ3n) is 6.67. The van der Waals surface area contributed by atoms with E-state index in [9.17, 15) is 0 Å². The van der Waals surface area contributed by atoms with Gasteiger partial charge in [-0.1, -0.05) is 85.0 Å². The molecule has 0 saturated heterocycles. The molecule has 4 aromatic carbocycles. The van der Waals surface area contributed by atoms with Crippen molar-refractivity contribution in [3.63, 3.8) is 0 Å². The summed E-state index contributed by atoms with van der Waals surface area (Å²) in [6, 6.07) is 34.3. The average Bonchev–Trinajstić information content (AvgIpc) is 2.95. The van der Waals surface area contributed by atoms with Gasteiger partial charge in [-0.2, -0.15) is 0 Å². The van der Waals surface area contributed by atoms with Crippen molar-refractivity contribution in [3.05, 3.63) is 144 Å². The molecular weight excluding hydrogens is 448 g/mol. The normalized spacial score (nSPS) is 12.8. The van der Waals surface area contributed by atoms with Gasteiger partial charge in [0, 0.05) is 40.9 Å². The van der Waals surface area contributed by atoms with Gasteiger partial charge in [-0.25, -0.2) is 0 Å². The van der Waals surface area contributed by atoms with Crippen LogP contribution in [0.5, 0.6) is 0 Å². The van der Waals surface area contributed by atoms with Crippen molar-refractivity contribution in [3.8, 4) is 0 Å². The predicted octanol–water partition coefficient (Wildman–Crippen LogP) is 9.90. The van der Waals surface area contributed by atoms with E-state index < -0.39 is 0 Å². The smallest absolute Gasteiger partial charge is 0.0487 e.